The van der Waals surface area contributed by atoms with Crippen molar-refractivity contribution in [2.45, 2.75) is 19.4 Å². The van der Waals surface area contributed by atoms with Gasteiger partial charge in [-0.1, -0.05) is 13.0 Å². The number of benzene rings is 1. The SMILES string of the molecule is CCNC(Cc1cc(Br)cs1)c1ccc(OC)cc1OC. The number of likely N-dealkylation sites (N-methyl/N-ethyl adjacent to an activating group) is 1. The highest BCUT2D eigenvalue weighted by Crippen LogP contribution is 2.33. The molecule has 0 saturated heterocycles. The third-order valence-electron chi connectivity index (χ3n) is 3.29. The average molecular weight is 370 g/mol. The Hall–Kier alpha value is -1.04. The molecule has 1 unspecified atom stereocenters. The second-order valence-corrected chi connectivity index (χ2v) is 6.56. The van der Waals surface area contributed by atoms with E-state index in [1.165, 1.54) is 4.88 Å². The van der Waals surface area contributed by atoms with Gasteiger partial charge in [0.15, 0.2) is 0 Å². The second kappa shape index (κ2) is 7.82. The van der Waals surface area contributed by atoms with Gasteiger partial charge in [-0.2, -0.15) is 0 Å². The fourth-order valence-corrected chi connectivity index (χ4v) is 3.80. The average Bonchev–Trinajstić information content (AvgIpc) is 2.91. The molecule has 114 valence electrons. The predicted molar refractivity (Wildman–Crippen MR) is 91.7 cm³/mol. The number of hydrogen-bond acceptors (Lipinski definition) is 4. The molecule has 0 aliphatic heterocycles. The molecule has 0 aliphatic rings. The predicted octanol–water partition coefficient (Wildman–Crippen LogP) is 4.42. The van der Waals surface area contributed by atoms with Crippen molar-refractivity contribution >= 4 is 27.3 Å². The minimum atomic E-state index is 0.224. The number of nitrogens with one attached hydrogen (secondary N) is 1. The molecule has 0 saturated carbocycles. The molecule has 1 atom stereocenters. The summed E-state index contributed by atoms with van der Waals surface area (Å²) in [4.78, 5) is 1.34. The summed E-state index contributed by atoms with van der Waals surface area (Å²) >= 11 is 5.28. The molecule has 1 aromatic carbocycles. The van der Waals surface area contributed by atoms with Crippen molar-refractivity contribution in [3.05, 3.63) is 44.6 Å². The summed E-state index contributed by atoms with van der Waals surface area (Å²) in [5.74, 6) is 1.67. The van der Waals surface area contributed by atoms with E-state index in [4.69, 9.17) is 9.47 Å². The van der Waals surface area contributed by atoms with Crippen molar-refractivity contribution in [2.24, 2.45) is 0 Å². The number of ether oxygens (including phenoxy) is 2. The number of methoxy groups -OCH3 is 2. The Bertz CT molecular complexity index is 585. The second-order valence-electron chi connectivity index (χ2n) is 4.65. The van der Waals surface area contributed by atoms with E-state index in [1.54, 1.807) is 25.6 Å². The number of halogens is 1. The first-order chi connectivity index (χ1) is 10.2. The summed E-state index contributed by atoms with van der Waals surface area (Å²) in [5.41, 5.74) is 1.16. The molecule has 21 heavy (non-hydrogen) atoms. The van der Waals surface area contributed by atoms with Crippen LogP contribution in [-0.2, 0) is 6.42 Å². The molecule has 0 radical (unpaired) electrons. The fourth-order valence-electron chi connectivity index (χ4n) is 2.31. The molecule has 5 heteroatoms. The summed E-state index contributed by atoms with van der Waals surface area (Å²) in [7, 11) is 3.36. The third-order valence-corrected chi connectivity index (χ3v) is 5.01. The standard InChI is InChI=1S/C16H20BrNO2S/c1-4-18-15(9-13-7-11(17)10-21-13)14-6-5-12(19-2)8-16(14)20-3/h5-8,10,15,18H,4,9H2,1-3H3. The highest BCUT2D eigenvalue weighted by molar-refractivity contribution is 9.10. The van der Waals surface area contributed by atoms with Gasteiger partial charge in [0.05, 0.1) is 14.2 Å². The van der Waals surface area contributed by atoms with Crippen molar-refractivity contribution in [1.29, 1.82) is 0 Å². The monoisotopic (exact) mass is 369 g/mol. The van der Waals surface area contributed by atoms with Crippen molar-refractivity contribution in [1.82, 2.24) is 5.32 Å². The van der Waals surface area contributed by atoms with E-state index < -0.39 is 0 Å². The van der Waals surface area contributed by atoms with Gasteiger partial charge < -0.3 is 14.8 Å². The first-order valence-corrected chi connectivity index (χ1v) is 8.53. The van der Waals surface area contributed by atoms with Crippen LogP contribution in [0.15, 0.2) is 34.1 Å². The van der Waals surface area contributed by atoms with Crippen LogP contribution in [0.5, 0.6) is 11.5 Å². The Kier molecular flexibility index (Phi) is 6.08. The highest BCUT2D eigenvalue weighted by Gasteiger charge is 2.17. The maximum Gasteiger partial charge on any atom is 0.127 e. The minimum Gasteiger partial charge on any atom is -0.497 e. The van der Waals surface area contributed by atoms with Gasteiger partial charge in [-0.05, 0) is 34.6 Å². The lowest BCUT2D eigenvalue weighted by Crippen LogP contribution is -2.23. The molecule has 2 rings (SSSR count). The molecule has 0 amide bonds. The Morgan fingerprint density at radius 1 is 1.24 bits per heavy atom. The van der Waals surface area contributed by atoms with Gasteiger partial charge in [-0.15, -0.1) is 11.3 Å². The number of rotatable bonds is 7. The highest BCUT2D eigenvalue weighted by atomic mass is 79.9. The molecule has 0 fully saturated rings. The maximum absolute atomic E-state index is 5.53. The Balaban J connectivity index is 2.28. The van der Waals surface area contributed by atoms with E-state index in [2.05, 4.69) is 45.7 Å². The summed E-state index contributed by atoms with van der Waals surface area (Å²) in [5, 5.41) is 5.65. The van der Waals surface area contributed by atoms with Crippen LogP contribution >= 0.6 is 27.3 Å². The Morgan fingerprint density at radius 3 is 2.62 bits per heavy atom. The molecular formula is C16H20BrNO2S. The maximum atomic E-state index is 5.53. The first kappa shape index (κ1) is 16.3. The summed E-state index contributed by atoms with van der Waals surface area (Å²) in [6.07, 6.45) is 0.937. The van der Waals surface area contributed by atoms with Crippen LogP contribution in [0, 0.1) is 0 Å². The molecule has 0 bridgehead atoms. The summed E-state index contributed by atoms with van der Waals surface area (Å²) in [6, 6.07) is 8.39. The van der Waals surface area contributed by atoms with Gasteiger partial charge in [-0.3, -0.25) is 0 Å². The van der Waals surface area contributed by atoms with Gasteiger partial charge in [-0.25, -0.2) is 0 Å². The van der Waals surface area contributed by atoms with Crippen molar-refractivity contribution in [3.8, 4) is 11.5 Å². The molecular weight excluding hydrogens is 350 g/mol. The van der Waals surface area contributed by atoms with Crippen LogP contribution in [0.3, 0.4) is 0 Å². The molecule has 0 aliphatic carbocycles. The minimum absolute atomic E-state index is 0.224. The zero-order valence-corrected chi connectivity index (χ0v) is 14.9. The Labute approximate surface area is 138 Å². The van der Waals surface area contributed by atoms with E-state index in [0.29, 0.717) is 0 Å². The molecule has 0 spiro atoms. The topological polar surface area (TPSA) is 30.5 Å². The molecule has 1 aromatic heterocycles. The van der Waals surface area contributed by atoms with Crippen LogP contribution in [0.2, 0.25) is 0 Å². The van der Waals surface area contributed by atoms with Crippen LogP contribution in [0.1, 0.15) is 23.4 Å². The fraction of sp³-hybridized carbons (Fsp3) is 0.375. The normalized spacial score (nSPS) is 12.2. The third kappa shape index (κ3) is 4.22. The van der Waals surface area contributed by atoms with Gasteiger partial charge in [0.2, 0.25) is 0 Å². The van der Waals surface area contributed by atoms with Gasteiger partial charge in [0, 0.05) is 38.8 Å². The molecule has 2 aromatic rings. The van der Waals surface area contributed by atoms with Gasteiger partial charge >= 0.3 is 0 Å². The van der Waals surface area contributed by atoms with Crippen LogP contribution in [0.4, 0.5) is 0 Å². The smallest absolute Gasteiger partial charge is 0.127 e. The van der Waals surface area contributed by atoms with Crippen molar-refractivity contribution in [3.63, 3.8) is 0 Å². The van der Waals surface area contributed by atoms with Crippen LogP contribution in [-0.4, -0.2) is 20.8 Å². The molecule has 3 nitrogen and oxygen atoms in total. The van der Waals surface area contributed by atoms with Gasteiger partial charge in [0.1, 0.15) is 11.5 Å². The van der Waals surface area contributed by atoms with E-state index >= 15 is 0 Å². The van der Waals surface area contributed by atoms with Crippen LogP contribution in [0.25, 0.3) is 0 Å². The molecule has 1 N–H and O–H groups in total. The van der Waals surface area contributed by atoms with Crippen LogP contribution < -0.4 is 14.8 Å². The Morgan fingerprint density at radius 2 is 2.05 bits per heavy atom. The quantitative estimate of drug-likeness (QED) is 0.783. The van der Waals surface area contributed by atoms with Crippen molar-refractivity contribution < 1.29 is 9.47 Å². The van der Waals surface area contributed by atoms with Gasteiger partial charge in [0.25, 0.3) is 0 Å². The number of hydrogen-bond donors (Lipinski definition) is 1. The lowest BCUT2D eigenvalue weighted by Gasteiger charge is -2.20. The van der Waals surface area contributed by atoms with E-state index in [9.17, 15) is 0 Å². The largest absolute Gasteiger partial charge is 0.497 e. The summed E-state index contributed by atoms with van der Waals surface area (Å²) < 4.78 is 11.9. The first-order valence-electron chi connectivity index (χ1n) is 6.86. The lowest BCUT2D eigenvalue weighted by molar-refractivity contribution is 0.384. The summed E-state index contributed by atoms with van der Waals surface area (Å²) in [6.45, 7) is 3.03. The van der Waals surface area contributed by atoms with Crippen molar-refractivity contribution in [2.75, 3.05) is 20.8 Å². The van der Waals surface area contributed by atoms with E-state index in [-0.39, 0.29) is 6.04 Å². The lowest BCUT2D eigenvalue weighted by atomic mass is 10.0. The molecule has 1 heterocycles. The zero-order chi connectivity index (χ0) is 15.2. The van der Waals surface area contributed by atoms with E-state index in [0.717, 1.165) is 34.5 Å². The zero-order valence-electron chi connectivity index (χ0n) is 12.5. The number of thiophene rings is 1. The van der Waals surface area contributed by atoms with E-state index in [1.807, 2.05) is 12.1 Å².